The Morgan fingerprint density at radius 3 is 2.68 bits per heavy atom. The Morgan fingerprint density at radius 2 is 2.04 bits per heavy atom. The third-order valence-corrected chi connectivity index (χ3v) is 4.09. The molecule has 0 N–H and O–H groups in total. The van der Waals surface area contributed by atoms with Crippen LogP contribution >= 0.6 is 0 Å². The van der Waals surface area contributed by atoms with E-state index >= 15 is 0 Å². The maximum Gasteiger partial charge on any atom is 0.305 e. The number of carbonyl (C=O) groups is 1. The average Bonchev–Trinajstić information content (AvgIpc) is 2.59. The average molecular weight is 370 g/mol. The van der Waals surface area contributed by atoms with Crippen LogP contribution in [0.1, 0.15) is 24.7 Å². The van der Waals surface area contributed by atoms with E-state index in [0.717, 1.165) is 11.8 Å². The topological polar surface area (TPSA) is 88.1 Å². The molecule has 7 nitrogen and oxygen atoms in total. The minimum absolute atomic E-state index is 0.0681. The highest BCUT2D eigenvalue weighted by Crippen LogP contribution is 2.28. The minimum atomic E-state index is -3.65. The molecule has 1 aliphatic rings. The van der Waals surface area contributed by atoms with E-state index in [9.17, 15) is 13.2 Å². The van der Waals surface area contributed by atoms with E-state index < -0.39 is 28.6 Å². The van der Waals surface area contributed by atoms with Crippen LogP contribution < -0.4 is 0 Å². The highest BCUT2D eigenvalue weighted by molar-refractivity contribution is 7.86. The molecule has 1 saturated heterocycles. The van der Waals surface area contributed by atoms with E-state index in [2.05, 4.69) is 4.74 Å². The van der Waals surface area contributed by atoms with Crippen molar-refractivity contribution in [1.29, 1.82) is 0 Å². The predicted octanol–water partition coefficient (Wildman–Crippen LogP) is 1.95. The number of carbonyl (C=O) groups excluding carboxylic acids is 1. The van der Waals surface area contributed by atoms with E-state index in [1.165, 1.54) is 7.11 Å². The predicted molar refractivity (Wildman–Crippen MR) is 90.1 cm³/mol. The Kier molecular flexibility index (Phi) is 7.12. The second-order valence-corrected chi connectivity index (χ2v) is 7.16. The zero-order valence-electron chi connectivity index (χ0n) is 14.2. The number of ether oxygens (including phenoxy) is 3. The summed E-state index contributed by atoms with van der Waals surface area (Å²) in [6.07, 6.45) is 3.08. The molecule has 0 saturated carbocycles. The third kappa shape index (κ3) is 6.58. The first-order valence-electron chi connectivity index (χ1n) is 7.83. The van der Waals surface area contributed by atoms with Crippen molar-refractivity contribution in [3.63, 3.8) is 0 Å². The summed E-state index contributed by atoms with van der Waals surface area (Å²) in [7, 11) is -2.33. The molecule has 0 amide bonds. The number of esters is 1. The number of hydrogen-bond acceptors (Lipinski definition) is 7. The fourth-order valence-electron chi connectivity index (χ4n) is 2.34. The molecule has 1 aromatic carbocycles. The van der Waals surface area contributed by atoms with Crippen LogP contribution in [0.15, 0.2) is 42.5 Å². The van der Waals surface area contributed by atoms with Crippen LogP contribution in [0.3, 0.4) is 0 Å². The first-order chi connectivity index (χ1) is 11.9. The zero-order chi connectivity index (χ0) is 18.3. The van der Waals surface area contributed by atoms with Crippen molar-refractivity contribution in [2.24, 2.45) is 0 Å². The zero-order valence-corrected chi connectivity index (χ0v) is 15.0. The van der Waals surface area contributed by atoms with Crippen molar-refractivity contribution in [2.75, 3.05) is 20.0 Å². The largest absolute Gasteiger partial charge is 0.469 e. The molecule has 1 aliphatic heterocycles. The third-order valence-electron chi connectivity index (χ3n) is 3.50. The van der Waals surface area contributed by atoms with Gasteiger partial charge in [0.05, 0.1) is 20.0 Å². The van der Waals surface area contributed by atoms with Crippen LogP contribution in [0.2, 0.25) is 0 Å². The lowest BCUT2D eigenvalue weighted by Crippen LogP contribution is -2.42. The Bertz CT molecular complexity index is 684. The van der Waals surface area contributed by atoms with Crippen molar-refractivity contribution >= 4 is 16.1 Å². The molecule has 0 aliphatic carbocycles. The molecule has 8 heteroatoms. The van der Waals surface area contributed by atoms with Crippen LogP contribution in [-0.4, -0.2) is 46.6 Å². The number of methoxy groups -OCH3 is 1. The summed E-state index contributed by atoms with van der Waals surface area (Å²) in [5, 5.41) is 0. The van der Waals surface area contributed by atoms with Gasteiger partial charge in [0.15, 0.2) is 6.29 Å². The fourth-order valence-corrected chi connectivity index (χ4v) is 2.96. The Labute approximate surface area is 147 Å². The molecular weight excluding hydrogens is 348 g/mol. The van der Waals surface area contributed by atoms with Gasteiger partial charge in [-0.2, -0.15) is 8.42 Å². The van der Waals surface area contributed by atoms with Gasteiger partial charge in [0.25, 0.3) is 10.1 Å². The number of rotatable bonds is 7. The van der Waals surface area contributed by atoms with E-state index in [4.69, 9.17) is 13.7 Å². The summed E-state index contributed by atoms with van der Waals surface area (Å²) in [6, 6.07) is 9.33. The second-order valence-electron chi connectivity index (χ2n) is 5.56. The molecule has 0 aromatic heterocycles. The Hall–Kier alpha value is -1.74. The van der Waals surface area contributed by atoms with Gasteiger partial charge in [0, 0.05) is 12.0 Å². The van der Waals surface area contributed by atoms with Gasteiger partial charge >= 0.3 is 5.97 Å². The molecule has 1 heterocycles. The Balaban J connectivity index is 2.06. The molecule has 0 bridgehead atoms. The van der Waals surface area contributed by atoms with Gasteiger partial charge in [0.2, 0.25) is 0 Å². The lowest BCUT2D eigenvalue weighted by Gasteiger charge is -2.34. The van der Waals surface area contributed by atoms with Crippen LogP contribution in [0, 0.1) is 0 Å². The lowest BCUT2D eigenvalue weighted by atomic mass is 10.1. The van der Waals surface area contributed by atoms with Crippen molar-refractivity contribution in [3.8, 4) is 0 Å². The van der Waals surface area contributed by atoms with Crippen LogP contribution in [0.25, 0.3) is 0 Å². The van der Waals surface area contributed by atoms with Gasteiger partial charge in [-0.05, 0) is 6.42 Å². The van der Waals surface area contributed by atoms with Gasteiger partial charge in [-0.25, -0.2) is 0 Å². The van der Waals surface area contributed by atoms with E-state index in [1.54, 1.807) is 12.2 Å². The summed E-state index contributed by atoms with van der Waals surface area (Å²) in [5.41, 5.74) is 0.827. The molecule has 1 aromatic rings. The standard InChI is InChI=1S/C17H22O7S/c1-21-16(18)11-7-6-10-14-15(24-25(2,19)20)12-22-17(23-14)13-8-4-3-5-9-13/h3-6,8-10,14-15,17H,7,11-12H2,1-2H3/b10-6+/t14-,15-,17+/m1/s1. The SMILES string of the molecule is COC(=O)CC/C=C/[C@H]1O[C@@H](c2ccccc2)OC[C@H]1OS(C)(=O)=O. The highest BCUT2D eigenvalue weighted by Gasteiger charge is 2.34. The van der Waals surface area contributed by atoms with Crippen molar-refractivity contribution < 1.29 is 31.6 Å². The first kappa shape index (κ1) is 19.6. The number of benzene rings is 1. The van der Waals surface area contributed by atoms with Gasteiger partial charge in [-0.3, -0.25) is 8.98 Å². The van der Waals surface area contributed by atoms with Crippen molar-refractivity contribution in [2.45, 2.75) is 31.3 Å². The highest BCUT2D eigenvalue weighted by atomic mass is 32.2. The van der Waals surface area contributed by atoms with Gasteiger partial charge < -0.3 is 14.2 Å². The van der Waals surface area contributed by atoms with Gasteiger partial charge in [-0.15, -0.1) is 0 Å². The van der Waals surface area contributed by atoms with E-state index in [0.29, 0.717) is 6.42 Å². The Morgan fingerprint density at radius 1 is 1.32 bits per heavy atom. The molecule has 0 radical (unpaired) electrons. The summed E-state index contributed by atoms with van der Waals surface area (Å²) >= 11 is 0. The molecule has 0 spiro atoms. The number of hydrogen-bond donors (Lipinski definition) is 0. The van der Waals surface area contributed by atoms with Crippen LogP contribution in [0.4, 0.5) is 0 Å². The van der Waals surface area contributed by atoms with Gasteiger partial charge in [0.1, 0.15) is 12.2 Å². The smallest absolute Gasteiger partial charge is 0.305 e. The molecular formula is C17H22O7S. The second kappa shape index (κ2) is 9.10. The fraction of sp³-hybridized carbons (Fsp3) is 0.471. The summed E-state index contributed by atoms with van der Waals surface area (Å²) in [6.45, 7) is 0.0681. The quantitative estimate of drug-likeness (QED) is 0.412. The molecule has 0 unspecified atom stereocenters. The monoisotopic (exact) mass is 370 g/mol. The molecule has 2 rings (SSSR count). The maximum absolute atomic E-state index is 11.4. The molecule has 3 atom stereocenters. The van der Waals surface area contributed by atoms with Crippen molar-refractivity contribution in [3.05, 3.63) is 48.0 Å². The molecule has 138 valence electrons. The van der Waals surface area contributed by atoms with Crippen LogP contribution in [0.5, 0.6) is 0 Å². The minimum Gasteiger partial charge on any atom is -0.469 e. The molecule has 1 fully saturated rings. The van der Waals surface area contributed by atoms with Crippen LogP contribution in [-0.2, 0) is 33.3 Å². The van der Waals surface area contributed by atoms with E-state index in [1.807, 2.05) is 30.3 Å². The molecule has 25 heavy (non-hydrogen) atoms. The summed E-state index contributed by atoms with van der Waals surface area (Å²) in [5.74, 6) is -0.316. The number of allylic oxidation sites excluding steroid dienone is 1. The normalized spacial score (nSPS) is 24.3. The van der Waals surface area contributed by atoms with Crippen molar-refractivity contribution in [1.82, 2.24) is 0 Å². The first-order valence-corrected chi connectivity index (χ1v) is 9.64. The maximum atomic E-state index is 11.4. The summed E-state index contributed by atoms with van der Waals surface area (Å²) < 4.78 is 43.9. The van der Waals surface area contributed by atoms with E-state index in [-0.39, 0.29) is 19.0 Å². The lowest BCUT2D eigenvalue weighted by molar-refractivity contribution is -0.238. The van der Waals surface area contributed by atoms with Gasteiger partial charge in [-0.1, -0.05) is 42.5 Å². The summed E-state index contributed by atoms with van der Waals surface area (Å²) in [4.78, 5) is 11.1.